The molecule has 0 aromatic carbocycles. The van der Waals surface area contributed by atoms with Crippen molar-refractivity contribution in [2.75, 3.05) is 13.2 Å². The lowest BCUT2D eigenvalue weighted by atomic mass is 10.0. The summed E-state index contributed by atoms with van der Waals surface area (Å²) in [5.41, 5.74) is 0. The highest BCUT2D eigenvalue weighted by Crippen LogP contribution is 2.25. The second-order valence-electron chi connectivity index (χ2n) is 4.45. The lowest BCUT2D eigenvalue weighted by Crippen LogP contribution is -2.58. The first-order valence-electron chi connectivity index (χ1n) is 6.60. The number of hydrogen-bond acceptors (Lipinski definition) is 8. The molecule has 0 saturated carbocycles. The second kappa shape index (κ2) is 7.94. The molecule has 0 aromatic rings. The number of carbonyl (C=O) groups is 3. The van der Waals surface area contributed by atoms with Gasteiger partial charge in [-0.3, -0.25) is 14.4 Å². The van der Waals surface area contributed by atoms with Gasteiger partial charge in [0.05, 0.1) is 6.61 Å². The van der Waals surface area contributed by atoms with Crippen molar-refractivity contribution in [3.8, 4) is 0 Å². The Morgan fingerprint density at radius 3 is 1.95 bits per heavy atom. The van der Waals surface area contributed by atoms with Gasteiger partial charge in [0.2, 0.25) is 0 Å². The molecule has 8 heteroatoms. The first-order valence-corrected chi connectivity index (χ1v) is 6.60. The van der Waals surface area contributed by atoms with Gasteiger partial charge in [-0.05, 0) is 6.92 Å². The van der Waals surface area contributed by atoms with Crippen LogP contribution in [0.25, 0.3) is 0 Å². The summed E-state index contributed by atoms with van der Waals surface area (Å²) in [6, 6.07) is 0. The molecular formula is C13H20O8. The largest absolute Gasteiger partial charge is 0.456 e. The van der Waals surface area contributed by atoms with Crippen LogP contribution in [0.15, 0.2) is 0 Å². The van der Waals surface area contributed by atoms with E-state index in [-0.39, 0.29) is 6.61 Å². The van der Waals surface area contributed by atoms with Gasteiger partial charge in [-0.2, -0.15) is 0 Å². The third kappa shape index (κ3) is 5.31. The van der Waals surface area contributed by atoms with Crippen LogP contribution in [0, 0.1) is 0 Å². The van der Waals surface area contributed by atoms with Crippen molar-refractivity contribution in [3.05, 3.63) is 0 Å². The maximum atomic E-state index is 11.3. The Balaban J connectivity index is 2.97. The van der Waals surface area contributed by atoms with Crippen molar-refractivity contribution in [3.63, 3.8) is 0 Å². The summed E-state index contributed by atoms with van der Waals surface area (Å²) in [5, 5.41) is 0. The fourth-order valence-corrected chi connectivity index (χ4v) is 2.02. The summed E-state index contributed by atoms with van der Waals surface area (Å²) in [6.07, 6.45) is -3.76. The summed E-state index contributed by atoms with van der Waals surface area (Å²) in [7, 11) is 0. The number of hydrogen-bond donors (Lipinski definition) is 0. The standard InChI is InChI=1S/C13H20O8/c1-5-17-13-12(21-9(4)16)11(20-8(3)15)10(6-18-13)19-7(2)14/h10-13H,5-6H2,1-4H3/t10-,11+,12-,13?/m1/s1. The van der Waals surface area contributed by atoms with Crippen LogP contribution in [0.1, 0.15) is 27.7 Å². The Morgan fingerprint density at radius 1 is 0.952 bits per heavy atom. The van der Waals surface area contributed by atoms with Crippen LogP contribution >= 0.6 is 0 Å². The van der Waals surface area contributed by atoms with E-state index in [1.54, 1.807) is 6.92 Å². The van der Waals surface area contributed by atoms with Gasteiger partial charge in [-0.25, -0.2) is 0 Å². The molecule has 1 rings (SSSR count). The summed E-state index contributed by atoms with van der Waals surface area (Å²) in [5.74, 6) is -1.74. The van der Waals surface area contributed by atoms with Crippen molar-refractivity contribution in [1.82, 2.24) is 0 Å². The van der Waals surface area contributed by atoms with Gasteiger partial charge < -0.3 is 23.7 Å². The molecule has 0 aliphatic carbocycles. The molecule has 1 saturated heterocycles. The Hall–Kier alpha value is -1.67. The number of esters is 3. The molecule has 1 aliphatic heterocycles. The van der Waals surface area contributed by atoms with Crippen molar-refractivity contribution in [2.24, 2.45) is 0 Å². The molecule has 8 nitrogen and oxygen atoms in total. The molecule has 1 unspecified atom stereocenters. The summed E-state index contributed by atoms with van der Waals surface area (Å²) in [6.45, 7) is 5.67. The molecular weight excluding hydrogens is 284 g/mol. The molecule has 0 bridgehead atoms. The van der Waals surface area contributed by atoms with Crippen molar-refractivity contribution in [2.45, 2.75) is 52.3 Å². The van der Waals surface area contributed by atoms with Gasteiger partial charge in [-0.15, -0.1) is 0 Å². The highest BCUT2D eigenvalue weighted by molar-refractivity contribution is 5.68. The molecule has 1 aliphatic rings. The number of carbonyl (C=O) groups excluding carboxylic acids is 3. The van der Waals surface area contributed by atoms with E-state index in [0.717, 1.165) is 0 Å². The van der Waals surface area contributed by atoms with Crippen LogP contribution in [0.4, 0.5) is 0 Å². The normalized spacial score (nSPS) is 28.6. The zero-order valence-corrected chi connectivity index (χ0v) is 12.5. The van der Waals surface area contributed by atoms with Gasteiger partial charge in [0, 0.05) is 27.4 Å². The molecule has 120 valence electrons. The molecule has 0 amide bonds. The minimum absolute atomic E-state index is 0.0278. The Morgan fingerprint density at radius 2 is 1.48 bits per heavy atom. The first-order chi connectivity index (χ1) is 9.85. The molecule has 1 fully saturated rings. The lowest BCUT2D eigenvalue weighted by molar-refractivity contribution is -0.279. The molecule has 0 radical (unpaired) electrons. The maximum Gasteiger partial charge on any atom is 0.303 e. The van der Waals surface area contributed by atoms with Gasteiger partial charge in [0.15, 0.2) is 24.6 Å². The SMILES string of the molecule is CCOC1OC[C@@H](OC(C)=O)[C@H](OC(C)=O)[C@H]1OC(C)=O. The molecule has 4 atom stereocenters. The fourth-order valence-electron chi connectivity index (χ4n) is 2.02. The Bertz CT molecular complexity index is 394. The number of ether oxygens (including phenoxy) is 5. The summed E-state index contributed by atoms with van der Waals surface area (Å²) >= 11 is 0. The van der Waals surface area contributed by atoms with E-state index in [9.17, 15) is 14.4 Å². The minimum Gasteiger partial charge on any atom is -0.456 e. The fraction of sp³-hybridized carbons (Fsp3) is 0.769. The maximum absolute atomic E-state index is 11.3. The lowest BCUT2D eigenvalue weighted by Gasteiger charge is -2.39. The van der Waals surface area contributed by atoms with Crippen LogP contribution < -0.4 is 0 Å². The average Bonchev–Trinajstić information content (AvgIpc) is 2.35. The molecule has 21 heavy (non-hydrogen) atoms. The van der Waals surface area contributed by atoms with Crippen molar-refractivity contribution >= 4 is 17.9 Å². The van der Waals surface area contributed by atoms with Crippen LogP contribution in [-0.4, -0.2) is 55.7 Å². The van der Waals surface area contributed by atoms with Crippen molar-refractivity contribution < 1.29 is 38.1 Å². The van der Waals surface area contributed by atoms with Crippen LogP contribution in [0.3, 0.4) is 0 Å². The van der Waals surface area contributed by atoms with E-state index in [1.165, 1.54) is 20.8 Å². The monoisotopic (exact) mass is 304 g/mol. The van der Waals surface area contributed by atoms with Crippen LogP contribution in [0.2, 0.25) is 0 Å². The van der Waals surface area contributed by atoms with Crippen molar-refractivity contribution in [1.29, 1.82) is 0 Å². The zero-order chi connectivity index (χ0) is 16.0. The highest BCUT2D eigenvalue weighted by atomic mass is 16.7. The van der Waals surface area contributed by atoms with E-state index < -0.39 is 42.5 Å². The van der Waals surface area contributed by atoms with Crippen LogP contribution in [-0.2, 0) is 38.1 Å². The van der Waals surface area contributed by atoms with Gasteiger partial charge >= 0.3 is 17.9 Å². The Kier molecular flexibility index (Phi) is 6.57. The predicted octanol–water partition coefficient (Wildman–Crippen LogP) is 0.174. The van der Waals surface area contributed by atoms with Gasteiger partial charge in [0.1, 0.15) is 0 Å². The van der Waals surface area contributed by atoms with Gasteiger partial charge in [-0.1, -0.05) is 0 Å². The number of rotatable bonds is 5. The molecule has 0 N–H and O–H groups in total. The summed E-state index contributed by atoms with van der Waals surface area (Å²) in [4.78, 5) is 33.6. The molecule has 0 spiro atoms. The van der Waals surface area contributed by atoms with E-state index >= 15 is 0 Å². The van der Waals surface area contributed by atoms with Crippen LogP contribution in [0.5, 0.6) is 0 Å². The molecule has 0 aromatic heterocycles. The third-order valence-corrected chi connectivity index (χ3v) is 2.64. The molecule has 1 heterocycles. The highest BCUT2D eigenvalue weighted by Gasteiger charge is 2.47. The topological polar surface area (TPSA) is 97.4 Å². The minimum atomic E-state index is -1.01. The average molecular weight is 304 g/mol. The quantitative estimate of drug-likeness (QED) is 0.524. The van der Waals surface area contributed by atoms with E-state index in [1.807, 2.05) is 0 Å². The van der Waals surface area contributed by atoms with Gasteiger partial charge in [0.25, 0.3) is 0 Å². The van der Waals surface area contributed by atoms with E-state index in [4.69, 9.17) is 23.7 Å². The second-order valence-corrected chi connectivity index (χ2v) is 4.45. The smallest absolute Gasteiger partial charge is 0.303 e. The zero-order valence-electron chi connectivity index (χ0n) is 12.5. The Labute approximate surface area is 122 Å². The first kappa shape index (κ1) is 17.4. The van der Waals surface area contributed by atoms with E-state index in [2.05, 4.69) is 0 Å². The predicted molar refractivity (Wildman–Crippen MR) is 68.0 cm³/mol. The third-order valence-electron chi connectivity index (χ3n) is 2.64. The van der Waals surface area contributed by atoms with E-state index in [0.29, 0.717) is 6.61 Å². The summed E-state index contributed by atoms with van der Waals surface area (Å²) < 4.78 is 26.0.